The lowest BCUT2D eigenvalue weighted by Crippen LogP contribution is -2.17. The lowest BCUT2D eigenvalue weighted by atomic mass is 10.1. The largest absolute Gasteiger partial charge is 0.481 e. The van der Waals surface area contributed by atoms with Gasteiger partial charge in [-0.15, -0.1) is 11.3 Å². The molecule has 1 amide bonds. The number of alkyl halides is 3. The number of rotatable bonds is 8. The molecule has 3 aromatic rings. The Morgan fingerprint density at radius 3 is 2.35 bits per heavy atom. The predicted molar refractivity (Wildman–Crippen MR) is 115 cm³/mol. The zero-order chi connectivity index (χ0) is 25.2. The summed E-state index contributed by atoms with van der Waals surface area (Å²) in [5.74, 6) is -5.65. The van der Waals surface area contributed by atoms with Crippen LogP contribution in [0.25, 0.3) is 10.6 Å². The van der Waals surface area contributed by atoms with Gasteiger partial charge in [-0.2, -0.15) is 13.2 Å². The fraction of sp³-hybridized carbons (Fsp3) is 0.190. The average Bonchev–Trinajstić information content (AvgIpc) is 3.13. The number of thiazole rings is 1. The summed E-state index contributed by atoms with van der Waals surface area (Å²) >= 11 is 4.31. The van der Waals surface area contributed by atoms with Crippen LogP contribution in [-0.4, -0.2) is 22.0 Å². The van der Waals surface area contributed by atoms with E-state index < -0.39 is 59.1 Å². The molecule has 0 aliphatic carbocycles. The molecule has 180 valence electrons. The van der Waals surface area contributed by atoms with Crippen molar-refractivity contribution in [3.63, 3.8) is 0 Å². The first-order chi connectivity index (χ1) is 15.9. The highest BCUT2D eigenvalue weighted by Gasteiger charge is 2.30. The quantitative estimate of drug-likeness (QED) is 0.329. The van der Waals surface area contributed by atoms with Gasteiger partial charge in [0, 0.05) is 18.4 Å². The third-order valence-electron chi connectivity index (χ3n) is 4.57. The second-order valence-electron chi connectivity index (χ2n) is 6.89. The molecule has 3 N–H and O–H groups in total. The Morgan fingerprint density at radius 1 is 1.15 bits per heavy atom. The lowest BCUT2D eigenvalue weighted by Gasteiger charge is -2.18. The molecule has 0 spiro atoms. The molecule has 34 heavy (non-hydrogen) atoms. The van der Waals surface area contributed by atoms with Gasteiger partial charge in [0.15, 0.2) is 11.6 Å². The van der Waals surface area contributed by atoms with Crippen LogP contribution in [0.3, 0.4) is 0 Å². The highest BCUT2D eigenvalue weighted by atomic mass is 79.9. The number of carboxylic acid groups (broad SMARTS) is 1. The van der Waals surface area contributed by atoms with E-state index in [1.54, 1.807) is 0 Å². The van der Waals surface area contributed by atoms with Crippen molar-refractivity contribution in [2.75, 3.05) is 0 Å². The molecule has 1 unspecified atom stereocenters. The van der Waals surface area contributed by atoms with Gasteiger partial charge in [-0.1, -0.05) is 12.1 Å². The summed E-state index contributed by atoms with van der Waals surface area (Å²) in [5, 5.41) is 9.35. The summed E-state index contributed by atoms with van der Waals surface area (Å²) in [6.07, 6.45) is -6.26. The first-order valence-electron chi connectivity index (χ1n) is 9.38. The number of carbonyl (C=O) groups is 2. The van der Waals surface area contributed by atoms with Gasteiger partial charge in [-0.25, -0.2) is 13.8 Å². The second kappa shape index (κ2) is 10.1. The van der Waals surface area contributed by atoms with Gasteiger partial charge in [0.25, 0.3) is 5.91 Å². The van der Waals surface area contributed by atoms with Gasteiger partial charge >= 0.3 is 12.1 Å². The van der Waals surface area contributed by atoms with Crippen molar-refractivity contribution < 1.29 is 41.4 Å². The molecule has 1 aromatic heterocycles. The number of aliphatic carboxylic acids is 1. The number of primary amides is 1. The van der Waals surface area contributed by atoms with E-state index >= 15 is 0 Å². The standard InChI is InChI=1S/C21H14BrF5N2O4S/c22-18-17(29-20(34-18)9-1-3-10(4-2-9)21(25,26)27)13(7-8-14(30)31)33-12-6-5-11(23)15(16(12)24)19(28)32/h1-6,13H,7-8H2,(H2,28,32)(H,30,31). The molecular weight excluding hydrogens is 551 g/mol. The Hall–Kier alpha value is -3.06. The number of nitrogens with zero attached hydrogens (tertiary/aromatic N) is 1. The zero-order valence-corrected chi connectivity index (χ0v) is 19.2. The number of nitrogens with two attached hydrogens (primary N) is 1. The summed E-state index contributed by atoms with van der Waals surface area (Å²) in [6.45, 7) is 0. The third-order valence-corrected chi connectivity index (χ3v) is 6.37. The molecule has 3 rings (SSSR count). The van der Waals surface area contributed by atoms with Crippen molar-refractivity contribution in [2.45, 2.75) is 25.1 Å². The number of ether oxygens (including phenoxy) is 1. The minimum Gasteiger partial charge on any atom is -0.481 e. The van der Waals surface area contributed by atoms with Crippen LogP contribution in [0.15, 0.2) is 40.2 Å². The smallest absolute Gasteiger partial charge is 0.416 e. The molecule has 0 fully saturated rings. The maximum atomic E-state index is 14.7. The molecular formula is C21H14BrF5N2O4S. The Morgan fingerprint density at radius 2 is 1.79 bits per heavy atom. The second-order valence-corrected chi connectivity index (χ2v) is 9.21. The van der Waals surface area contributed by atoms with Crippen molar-refractivity contribution in [2.24, 2.45) is 5.73 Å². The van der Waals surface area contributed by atoms with E-state index in [-0.39, 0.29) is 17.1 Å². The predicted octanol–water partition coefficient (Wildman–Crippen LogP) is 5.95. The summed E-state index contributed by atoms with van der Waals surface area (Å²) in [5.41, 5.74) is 3.65. The number of hydrogen-bond acceptors (Lipinski definition) is 5. The number of carboxylic acids is 1. The normalized spacial score (nSPS) is 12.4. The van der Waals surface area contributed by atoms with Crippen molar-refractivity contribution >= 4 is 39.1 Å². The first kappa shape index (κ1) is 25.6. The van der Waals surface area contributed by atoms with Gasteiger partial charge in [0.1, 0.15) is 28.2 Å². The Balaban J connectivity index is 1.98. The molecule has 0 saturated carbocycles. The Labute approximate surface area is 201 Å². The lowest BCUT2D eigenvalue weighted by molar-refractivity contribution is -0.138. The summed E-state index contributed by atoms with van der Waals surface area (Å²) < 4.78 is 72.8. The van der Waals surface area contributed by atoms with Crippen molar-refractivity contribution in [1.29, 1.82) is 0 Å². The van der Waals surface area contributed by atoms with Crippen molar-refractivity contribution in [3.8, 4) is 16.3 Å². The first-order valence-corrected chi connectivity index (χ1v) is 11.0. The molecule has 0 aliphatic rings. The van der Waals surface area contributed by atoms with Crippen molar-refractivity contribution in [1.82, 2.24) is 4.98 Å². The van der Waals surface area contributed by atoms with E-state index in [1.807, 2.05) is 0 Å². The topological polar surface area (TPSA) is 103 Å². The van der Waals surface area contributed by atoms with Gasteiger partial charge in [-0.05, 0) is 40.2 Å². The summed E-state index contributed by atoms with van der Waals surface area (Å²) in [7, 11) is 0. The number of halogens is 6. The van der Waals surface area contributed by atoms with Gasteiger partial charge < -0.3 is 15.6 Å². The van der Waals surface area contributed by atoms with E-state index in [9.17, 15) is 31.5 Å². The van der Waals surface area contributed by atoms with Crippen LogP contribution in [0.5, 0.6) is 5.75 Å². The highest BCUT2D eigenvalue weighted by Crippen LogP contribution is 2.40. The van der Waals surface area contributed by atoms with Gasteiger partial charge in [0.05, 0.1) is 9.35 Å². The van der Waals surface area contributed by atoms with Crippen LogP contribution >= 0.6 is 27.3 Å². The minimum absolute atomic E-state index is 0.144. The minimum atomic E-state index is -4.51. The third kappa shape index (κ3) is 5.70. The molecule has 0 aliphatic heterocycles. The fourth-order valence-electron chi connectivity index (χ4n) is 2.95. The monoisotopic (exact) mass is 564 g/mol. The number of aromatic nitrogens is 1. The SMILES string of the molecule is NC(=O)c1c(F)ccc(OC(CCC(=O)O)c2nc(-c3ccc(C(F)(F)F)cc3)sc2Br)c1F. The Bertz CT molecular complexity index is 1230. The number of hydrogen-bond donors (Lipinski definition) is 2. The zero-order valence-electron chi connectivity index (χ0n) is 16.8. The van der Waals surface area contributed by atoms with Crippen LogP contribution in [0.1, 0.15) is 40.6 Å². The van der Waals surface area contributed by atoms with E-state index in [4.69, 9.17) is 15.6 Å². The summed E-state index contributed by atoms with van der Waals surface area (Å²) in [4.78, 5) is 26.8. The average molecular weight is 565 g/mol. The molecule has 6 nitrogen and oxygen atoms in total. The van der Waals surface area contributed by atoms with Gasteiger partial charge in [0.2, 0.25) is 0 Å². The molecule has 1 heterocycles. The number of amides is 1. The molecule has 13 heteroatoms. The Kier molecular flexibility index (Phi) is 7.56. The number of benzene rings is 2. The molecule has 0 saturated heterocycles. The van der Waals surface area contributed by atoms with Crippen LogP contribution < -0.4 is 10.5 Å². The maximum Gasteiger partial charge on any atom is 0.416 e. The van der Waals surface area contributed by atoms with E-state index in [0.717, 1.165) is 35.6 Å². The van der Waals surface area contributed by atoms with E-state index in [0.29, 0.717) is 9.35 Å². The maximum absolute atomic E-state index is 14.7. The molecule has 0 radical (unpaired) electrons. The fourth-order valence-corrected chi connectivity index (χ4v) is 4.60. The van der Waals surface area contributed by atoms with Crippen LogP contribution in [-0.2, 0) is 11.0 Å². The highest BCUT2D eigenvalue weighted by molar-refractivity contribution is 9.11. The van der Waals surface area contributed by atoms with Crippen molar-refractivity contribution in [3.05, 3.63) is 68.6 Å². The van der Waals surface area contributed by atoms with Crippen LogP contribution in [0, 0.1) is 11.6 Å². The molecule has 1 atom stereocenters. The molecule has 2 aromatic carbocycles. The van der Waals surface area contributed by atoms with E-state index in [2.05, 4.69) is 20.9 Å². The summed E-state index contributed by atoms with van der Waals surface area (Å²) in [6, 6.07) is 5.93. The van der Waals surface area contributed by atoms with Crippen LogP contribution in [0.2, 0.25) is 0 Å². The molecule has 0 bridgehead atoms. The van der Waals surface area contributed by atoms with E-state index in [1.165, 1.54) is 12.1 Å². The number of carbonyl (C=O) groups excluding carboxylic acids is 1. The van der Waals surface area contributed by atoms with Gasteiger partial charge in [-0.3, -0.25) is 9.59 Å². The van der Waals surface area contributed by atoms with Crippen LogP contribution in [0.4, 0.5) is 22.0 Å².